The highest BCUT2D eigenvalue weighted by Gasteiger charge is 2.23. The van der Waals surface area contributed by atoms with E-state index in [0.717, 1.165) is 30.7 Å². The van der Waals surface area contributed by atoms with Crippen molar-refractivity contribution in [3.05, 3.63) is 41.8 Å². The van der Waals surface area contributed by atoms with E-state index < -0.39 is 0 Å². The molecule has 0 amide bonds. The fourth-order valence-electron chi connectivity index (χ4n) is 3.23. The SMILES string of the molecule is CC(N)C1CCCN(Cc2ccc(F)c3cccnc23)C1.Cl. The number of nitrogens with two attached hydrogens (primary N) is 1. The third kappa shape index (κ3) is 3.57. The number of hydrogen-bond acceptors (Lipinski definition) is 3. The zero-order valence-corrected chi connectivity index (χ0v) is 13.7. The van der Waals surface area contributed by atoms with E-state index in [2.05, 4.69) is 16.8 Å². The molecule has 2 heterocycles. The summed E-state index contributed by atoms with van der Waals surface area (Å²) < 4.78 is 13.8. The number of rotatable bonds is 3. The standard InChI is InChI=1S/C17H22FN3.ClH/c1-12(19)13-4-3-9-21(10-13)11-14-6-7-16(18)15-5-2-8-20-17(14)15;/h2,5-8,12-13H,3-4,9-11,19H2,1H3;1H. The lowest BCUT2D eigenvalue weighted by atomic mass is 9.92. The van der Waals surface area contributed by atoms with Gasteiger partial charge in [0.1, 0.15) is 5.82 Å². The molecule has 1 aliphatic rings. The van der Waals surface area contributed by atoms with Crippen molar-refractivity contribution in [2.45, 2.75) is 32.4 Å². The molecule has 1 fully saturated rings. The Kier molecular flexibility index (Phi) is 5.73. The molecule has 2 unspecified atom stereocenters. The van der Waals surface area contributed by atoms with Gasteiger partial charge in [0, 0.05) is 30.7 Å². The van der Waals surface area contributed by atoms with Gasteiger partial charge in [0.25, 0.3) is 0 Å². The van der Waals surface area contributed by atoms with Gasteiger partial charge in [-0.1, -0.05) is 6.07 Å². The average molecular weight is 324 g/mol. The minimum absolute atomic E-state index is 0. The van der Waals surface area contributed by atoms with Gasteiger partial charge in [-0.2, -0.15) is 0 Å². The zero-order valence-electron chi connectivity index (χ0n) is 12.8. The lowest BCUT2D eigenvalue weighted by Gasteiger charge is -2.34. The second-order valence-electron chi connectivity index (χ2n) is 6.10. The van der Waals surface area contributed by atoms with E-state index in [-0.39, 0.29) is 24.3 Å². The van der Waals surface area contributed by atoms with E-state index in [9.17, 15) is 4.39 Å². The van der Waals surface area contributed by atoms with Crippen LogP contribution in [-0.4, -0.2) is 29.0 Å². The Labute approximate surface area is 137 Å². The smallest absolute Gasteiger partial charge is 0.132 e. The molecule has 2 N–H and O–H groups in total. The molecular formula is C17H23ClFN3. The third-order valence-corrected chi connectivity index (χ3v) is 4.48. The van der Waals surface area contributed by atoms with Crippen molar-refractivity contribution in [1.29, 1.82) is 0 Å². The van der Waals surface area contributed by atoms with Crippen LogP contribution >= 0.6 is 12.4 Å². The van der Waals surface area contributed by atoms with Gasteiger partial charge in [-0.25, -0.2) is 4.39 Å². The summed E-state index contributed by atoms with van der Waals surface area (Å²) in [5.74, 6) is 0.354. The first kappa shape index (κ1) is 17.1. The largest absolute Gasteiger partial charge is 0.328 e. The molecule has 1 aliphatic heterocycles. The Bertz CT molecular complexity index is 632. The molecular weight excluding hydrogens is 301 g/mol. The van der Waals surface area contributed by atoms with Crippen molar-refractivity contribution in [2.24, 2.45) is 11.7 Å². The Morgan fingerprint density at radius 2 is 2.23 bits per heavy atom. The van der Waals surface area contributed by atoms with Crippen molar-refractivity contribution in [3.8, 4) is 0 Å². The Morgan fingerprint density at radius 3 is 3.00 bits per heavy atom. The summed E-state index contributed by atoms with van der Waals surface area (Å²) in [5.41, 5.74) is 7.92. The molecule has 2 aromatic rings. The Hall–Kier alpha value is -1.23. The lowest BCUT2D eigenvalue weighted by Crippen LogP contribution is -2.41. The van der Waals surface area contributed by atoms with Crippen molar-refractivity contribution >= 4 is 23.3 Å². The molecule has 3 nitrogen and oxygen atoms in total. The molecule has 1 saturated heterocycles. The minimum Gasteiger partial charge on any atom is -0.328 e. The van der Waals surface area contributed by atoms with Gasteiger partial charge in [-0.05, 0) is 56.0 Å². The first-order valence-electron chi connectivity index (χ1n) is 7.65. The highest BCUT2D eigenvalue weighted by atomic mass is 35.5. The van der Waals surface area contributed by atoms with Gasteiger partial charge in [-0.15, -0.1) is 12.4 Å². The molecule has 0 radical (unpaired) electrons. The van der Waals surface area contributed by atoms with Gasteiger partial charge in [0.05, 0.1) is 5.52 Å². The number of halogens is 2. The zero-order chi connectivity index (χ0) is 14.8. The maximum Gasteiger partial charge on any atom is 0.132 e. The molecule has 5 heteroatoms. The molecule has 2 atom stereocenters. The number of nitrogens with zero attached hydrogens (tertiary/aromatic N) is 2. The molecule has 120 valence electrons. The maximum atomic E-state index is 13.8. The molecule has 22 heavy (non-hydrogen) atoms. The first-order valence-corrected chi connectivity index (χ1v) is 7.65. The number of fused-ring (bicyclic) bond motifs is 1. The van der Waals surface area contributed by atoms with Gasteiger partial charge in [0.15, 0.2) is 0 Å². The summed E-state index contributed by atoms with van der Waals surface area (Å²) in [7, 11) is 0. The lowest BCUT2D eigenvalue weighted by molar-refractivity contribution is 0.155. The van der Waals surface area contributed by atoms with Crippen molar-refractivity contribution in [1.82, 2.24) is 9.88 Å². The van der Waals surface area contributed by atoms with Gasteiger partial charge >= 0.3 is 0 Å². The molecule has 1 aromatic heterocycles. The second-order valence-corrected chi connectivity index (χ2v) is 6.10. The quantitative estimate of drug-likeness (QED) is 0.941. The number of aromatic nitrogens is 1. The summed E-state index contributed by atoms with van der Waals surface area (Å²) in [6.07, 6.45) is 4.11. The van der Waals surface area contributed by atoms with Crippen LogP contribution in [0.2, 0.25) is 0 Å². The Morgan fingerprint density at radius 1 is 1.41 bits per heavy atom. The normalized spacial score (nSPS) is 20.6. The number of benzene rings is 1. The average Bonchev–Trinajstić information content (AvgIpc) is 2.51. The predicted molar refractivity (Wildman–Crippen MR) is 90.6 cm³/mol. The summed E-state index contributed by atoms with van der Waals surface area (Å²) in [6, 6.07) is 7.22. The first-order chi connectivity index (χ1) is 10.1. The van der Waals surface area contributed by atoms with Crippen LogP contribution in [0.1, 0.15) is 25.3 Å². The van der Waals surface area contributed by atoms with Crippen LogP contribution in [0.15, 0.2) is 30.5 Å². The monoisotopic (exact) mass is 323 g/mol. The molecule has 0 bridgehead atoms. The number of piperidine rings is 1. The fraction of sp³-hybridized carbons (Fsp3) is 0.471. The predicted octanol–water partition coefficient (Wildman–Crippen LogP) is 3.35. The van der Waals surface area contributed by atoms with Crippen LogP contribution in [0, 0.1) is 11.7 Å². The molecule has 0 spiro atoms. The summed E-state index contributed by atoms with van der Waals surface area (Å²) in [4.78, 5) is 6.79. The molecule has 0 saturated carbocycles. The van der Waals surface area contributed by atoms with E-state index in [1.807, 2.05) is 6.07 Å². The van der Waals surface area contributed by atoms with Gasteiger partial charge in [-0.3, -0.25) is 9.88 Å². The highest BCUT2D eigenvalue weighted by molar-refractivity contribution is 5.85. The van der Waals surface area contributed by atoms with Crippen LogP contribution in [0.5, 0.6) is 0 Å². The topological polar surface area (TPSA) is 42.1 Å². The summed E-state index contributed by atoms with van der Waals surface area (Å²) in [6.45, 7) is 5.00. The van der Waals surface area contributed by atoms with Crippen LogP contribution in [0.25, 0.3) is 10.9 Å². The summed E-state index contributed by atoms with van der Waals surface area (Å²) in [5, 5.41) is 0.607. The Balaban J connectivity index is 0.00000176. The van der Waals surface area contributed by atoms with Crippen LogP contribution in [0.4, 0.5) is 4.39 Å². The van der Waals surface area contributed by atoms with Gasteiger partial charge < -0.3 is 5.73 Å². The van der Waals surface area contributed by atoms with E-state index in [4.69, 9.17) is 5.73 Å². The molecule has 0 aliphatic carbocycles. The van der Waals surface area contributed by atoms with Gasteiger partial charge in [0.2, 0.25) is 0 Å². The second kappa shape index (κ2) is 7.36. The highest BCUT2D eigenvalue weighted by Crippen LogP contribution is 2.24. The van der Waals surface area contributed by atoms with Crippen molar-refractivity contribution in [2.75, 3.05) is 13.1 Å². The third-order valence-electron chi connectivity index (χ3n) is 4.48. The van der Waals surface area contributed by atoms with Crippen LogP contribution in [0.3, 0.4) is 0 Å². The van der Waals surface area contributed by atoms with Crippen molar-refractivity contribution < 1.29 is 4.39 Å². The summed E-state index contributed by atoms with van der Waals surface area (Å²) >= 11 is 0. The number of pyridine rings is 1. The number of hydrogen-bond donors (Lipinski definition) is 1. The maximum absolute atomic E-state index is 13.8. The van der Waals surface area contributed by atoms with Crippen LogP contribution < -0.4 is 5.73 Å². The van der Waals surface area contributed by atoms with Crippen molar-refractivity contribution in [3.63, 3.8) is 0 Å². The minimum atomic E-state index is -0.200. The van der Waals surface area contributed by atoms with E-state index in [1.165, 1.54) is 12.8 Å². The van der Waals surface area contributed by atoms with E-state index in [0.29, 0.717) is 11.3 Å². The van der Waals surface area contributed by atoms with E-state index in [1.54, 1.807) is 24.4 Å². The van der Waals surface area contributed by atoms with Crippen LogP contribution in [-0.2, 0) is 6.54 Å². The fourth-order valence-corrected chi connectivity index (χ4v) is 3.23. The van der Waals surface area contributed by atoms with E-state index >= 15 is 0 Å². The molecule has 3 rings (SSSR count). The molecule has 1 aromatic carbocycles. The number of likely N-dealkylation sites (tertiary alicyclic amines) is 1.